The zero-order valence-corrected chi connectivity index (χ0v) is 16.3. The van der Waals surface area contributed by atoms with Crippen molar-refractivity contribution >= 4 is 56.2 Å². The number of hydrogen-bond donors (Lipinski definition) is 0. The summed E-state index contributed by atoms with van der Waals surface area (Å²) in [5, 5.41) is 0. The molecule has 0 bridgehead atoms. The van der Waals surface area contributed by atoms with E-state index in [2.05, 4.69) is 69.0 Å². The Kier molecular flexibility index (Phi) is 6.13. The van der Waals surface area contributed by atoms with E-state index in [1.54, 1.807) is 16.7 Å². The quantitative estimate of drug-likeness (QED) is 0.455. The molecule has 21 heavy (non-hydrogen) atoms. The molecule has 0 N–H and O–H groups in total. The van der Waals surface area contributed by atoms with Crippen molar-refractivity contribution in [1.29, 1.82) is 0 Å². The average molecular weight is 476 g/mol. The Morgan fingerprint density at radius 2 is 1.90 bits per heavy atom. The second-order valence-corrected chi connectivity index (χ2v) is 7.59. The topological polar surface area (TPSA) is 20.3 Å². The number of rotatable bonds is 4. The molecule has 0 aliphatic carbocycles. The summed E-state index contributed by atoms with van der Waals surface area (Å²) >= 11 is 7.33. The molecule has 1 amide bonds. The summed E-state index contributed by atoms with van der Waals surface area (Å²) in [6, 6.07) is 14.1. The van der Waals surface area contributed by atoms with E-state index < -0.39 is 0 Å². The smallest absolute Gasteiger partial charge is 0.255 e. The van der Waals surface area contributed by atoms with Gasteiger partial charge >= 0.3 is 0 Å². The summed E-state index contributed by atoms with van der Waals surface area (Å²) in [6.45, 7) is 0.607. The van der Waals surface area contributed by atoms with Gasteiger partial charge in [0.1, 0.15) is 0 Å². The predicted octanol–water partition coefficient (Wildman–Crippen LogP) is 5.05. The zero-order chi connectivity index (χ0) is 15.4. The van der Waals surface area contributed by atoms with Crippen LogP contribution in [0.25, 0.3) is 0 Å². The molecule has 0 atom stereocenters. The molecule has 2 aromatic rings. The van der Waals surface area contributed by atoms with Crippen molar-refractivity contribution in [2.75, 3.05) is 13.3 Å². The number of thioether (sulfide) groups is 1. The van der Waals surface area contributed by atoms with Crippen molar-refractivity contribution in [3.05, 3.63) is 61.6 Å². The zero-order valence-electron chi connectivity index (χ0n) is 11.8. The minimum absolute atomic E-state index is 0.0367. The number of nitrogens with zero attached hydrogens (tertiary/aromatic N) is 1. The van der Waals surface area contributed by atoms with E-state index in [9.17, 15) is 4.79 Å². The predicted molar refractivity (Wildman–Crippen MR) is 101 cm³/mol. The molecule has 110 valence electrons. The van der Waals surface area contributed by atoms with E-state index in [0.29, 0.717) is 6.54 Å². The van der Waals surface area contributed by atoms with E-state index >= 15 is 0 Å². The highest BCUT2D eigenvalue weighted by Gasteiger charge is 2.15. The first kappa shape index (κ1) is 16.8. The van der Waals surface area contributed by atoms with Crippen molar-refractivity contribution in [3.63, 3.8) is 0 Å². The molecular weight excluding hydrogens is 461 g/mol. The summed E-state index contributed by atoms with van der Waals surface area (Å²) in [5.41, 5.74) is 1.86. The second-order valence-electron chi connectivity index (χ2n) is 4.63. The molecule has 0 heterocycles. The number of benzene rings is 2. The molecule has 2 aromatic carbocycles. The lowest BCUT2D eigenvalue weighted by Crippen LogP contribution is -2.26. The monoisotopic (exact) mass is 475 g/mol. The molecule has 5 heteroatoms. The van der Waals surface area contributed by atoms with Gasteiger partial charge < -0.3 is 4.90 Å². The number of halogens is 2. The highest BCUT2D eigenvalue weighted by molar-refractivity contribution is 14.1. The Morgan fingerprint density at radius 1 is 1.24 bits per heavy atom. The molecule has 0 radical (unpaired) electrons. The maximum atomic E-state index is 12.5. The summed E-state index contributed by atoms with van der Waals surface area (Å²) in [4.78, 5) is 15.5. The Morgan fingerprint density at radius 3 is 2.52 bits per heavy atom. The van der Waals surface area contributed by atoms with Crippen molar-refractivity contribution in [3.8, 4) is 0 Å². The maximum Gasteiger partial charge on any atom is 0.255 e. The SMILES string of the molecule is CSc1ccc(CN(C)C(=O)c2cc(Br)ccc2I)cc1. The van der Waals surface area contributed by atoms with Crippen molar-refractivity contribution in [2.24, 2.45) is 0 Å². The number of hydrogen-bond acceptors (Lipinski definition) is 2. The summed E-state index contributed by atoms with van der Waals surface area (Å²) < 4.78 is 1.88. The first-order chi connectivity index (χ1) is 10.0. The van der Waals surface area contributed by atoms with Gasteiger partial charge in [0.2, 0.25) is 0 Å². The molecular formula is C16H15BrINOS. The molecule has 2 nitrogen and oxygen atoms in total. The Balaban J connectivity index is 2.13. The Hall–Kier alpha value is -0.530. The summed E-state index contributed by atoms with van der Waals surface area (Å²) in [5.74, 6) is 0.0367. The second kappa shape index (κ2) is 7.65. The van der Waals surface area contributed by atoms with E-state index in [-0.39, 0.29) is 5.91 Å². The van der Waals surface area contributed by atoms with Gasteiger partial charge in [0.25, 0.3) is 5.91 Å². The van der Waals surface area contributed by atoms with Crippen molar-refractivity contribution < 1.29 is 4.79 Å². The lowest BCUT2D eigenvalue weighted by molar-refractivity contribution is 0.0784. The normalized spacial score (nSPS) is 10.5. The molecule has 0 aromatic heterocycles. The number of carbonyl (C=O) groups is 1. The maximum absolute atomic E-state index is 12.5. The molecule has 0 saturated heterocycles. The molecule has 0 spiro atoms. The van der Waals surface area contributed by atoms with Crippen LogP contribution in [0, 0.1) is 3.57 Å². The molecule has 0 fully saturated rings. The van der Waals surface area contributed by atoms with Crippen LogP contribution in [0.15, 0.2) is 51.8 Å². The molecule has 0 unspecified atom stereocenters. The molecule has 0 saturated carbocycles. The first-order valence-corrected chi connectivity index (χ1v) is 9.44. The van der Waals surface area contributed by atoms with E-state index in [1.165, 1.54) is 4.90 Å². The third-order valence-corrected chi connectivity index (χ3v) is 5.26. The van der Waals surface area contributed by atoms with Gasteiger partial charge in [0.05, 0.1) is 5.56 Å². The van der Waals surface area contributed by atoms with Crippen LogP contribution in [0.3, 0.4) is 0 Å². The van der Waals surface area contributed by atoms with E-state index in [1.807, 2.05) is 25.2 Å². The van der Waals surface area contributed by atoms with Crippen LogP contribution in [0.4, 0.5) is 0 Å². The van der Waals surface area contributed by atoms with Crippen LogP contribution >= 0.6 is 50.3 Å². The fourth-order valence-electron chi connectivity index (χ4n) is 1.94. The van der Waals surface area contributed by atoms with Crippen molar-refractivity contribution in [2.45, 2.75) is 11.4 Å². The van der Waals surface area contributed by atoms with Crippen molar-refractivity contribution in [1.82, 2.24) is 4.90 Å². The highest BCUT2D eigenvalue weighted by Crippen LogP contribution is 2.21. The van der Waals surface area contributed by atoms with Gasteiger partial charge in [-0.15, -0.1) is 11.8 Å². The fourth-order valence-corrected chi connectivity index (χ4v) is 3.28. The van der Waals surface area contributed by atoms with Crippen LogP contribution in [0.5, 0.6) is 0 Å². The minimum atomic E-state index is 0.0367. The molecule has 2 rings (SSSR count). The Labute approximate surface area is 151 Å². The van der Waals surface area contributed by atoms with Crippen LogP contribution in [0.1, 0.15) is 15.9 Å². The average Bonchev–Trinajstić information content (AvgIpc) is 2.49. The minimum Gasteiger partial charge on any atom is -0.337 e. The summed E-state index contributed by atoms with van der Waals surface area (Å²) in [7, 11) is 1.84. The fraction of sp³-hybridized carbons (Fsp3) is 0.188. The van der Waals surface area contributed by atoms with Gasteiger partial charge in [-0.05, 0) is 64.7 Å². The van der Waals surface area contributed by atoms with Gasteiger partial charge in [0, 0.05) is 26.5 Å². The highest BCUT2D eigenvalue weighted by atomic mass is 127. The third-order valence-electron chi connectivity index (χ3n) is 3.08. The third kappa shape index (κ3) is 4.47. The van der Waals surface area contributed by atoms with Gasteiger partial charge in [0.15, 0.2) is 0 Å². The van der Waals surface area contributed by atoms with Crippen LogP contribution < -0.4 is 0 Å². The standard InChI is InChI=1S/C16H15BrINOS/c1-19(10-11-3-6-13(21-2)7-4-11)16(20)14-9-12(17)5-8-15(14)18/h3-9H,10H2,1-2H3. The Bertz CT molecular complexity index is 645. The van der Waals surface area contributed by atoms with Gasteiger partial charge in [-0.3, -0.25) is 4.79 Å². The van der Waals surface area contributed by atoms with Crippen LogP contribution in [0.2, 0.25) is 0 Å². The largest absolute Gasteiger partial charge is 0.337 e. The van der Waals surface area contributed by atoms with Gasteiger partial charge in [-0.25, -0.2) is 0 Å². The molecule has 0 aliphatic heterocycles. The van der Waals surface area contributed by atoms with Crippen LogP contribution in [-0.2, 0) is 6.54 Å². The number of amides is 1. The summed E-state index contributed by atoms with van der Waals surface area (Å²) in [6.07, 6.45) is 2.06. The number of carbonyl (C=O) groups excluding carboxylic acids is 1. The van der Waals surface area contributed by atoms with E-state index in [4.69, 9.17) is 0 Å². The van der Waals surface area contributed by atoms with Gasteiger partial charge in [-0.1, -0.05) is 28.1 Å². The molecule has 0 aliphatic rings. The first-order valence-electron chi connectivity index (χ1n) is 6.34. The van der Waals surface area contributed by atoms with Crippen LogP contribution in [-0.4, -0.2) is 24.1 Å². The van der Waals surface area contributed by atoms with Gasteiger partial charge in [-0.2, -0.15) is 0 Å². The lowest BCUT2D eigenvalue weighted by atomic mass is 10.1. The lowest BCUT2D eigenvalue weighted by Gasteiger charge is -2.18. The van der Waals surface area contributed by atoms with E-state index in [0.717, 1.165) is 19.2 Å².